The van der Waals surface area contributed by atoms with Crippen LogP contribution in [0.3, 0.4) is 0 Å². The number of nitrogens with one attached hydrogen (secondary N) is 1. The van der Waals surface area contributed by atoms with Gasteiger partial charge in [-0.2, -0.15) is 0 Å². The molecule has 0 spiro atoms. The van der Waals surface area contributed by atoms with Gasteiger partial charge in [0.25, 0.3) is 0 Å². The molecule has 2 aromatic rings. The zero-order valence-electron chi connectivity index (χ0n) is 14.5. The van der Waals surface area contributed by atoms with Gasteiger partial charge in [0, 0.05) is 35.6 Å². The molecule has 1 N–H and O–H groups in total. The Morgan fingerprint density at radius 1 is 1.24 bits per heavy atom. The first kappa shape index (κ1) is 16.7. The van der Waals surface area contributed by atoms with E-state index in [1.807, 2.05) is 23.5 Å². The van der Waals surface area contributed by atoms with Crippen LogP contribution < -0.4 is 19.5 Å². The van der Waals surface area contributed by atoms with Gasteiger partial charge in [0.05, 0.1) is 7.11 Å². The molecule has 0 aliphatic carbocycles. The minimum atomic E-state index is 0.290. The van der Waals surface area contributed by atoms with Gasteiger partial charge in [-0.25, -0.2) is 0 Å². The van der Waals surface area contributed by atoms with Crippen LogP contribution in [0.2, 0.25) is 0 Å². The van der Waals surface area contributed by atoms with Crippen LogP contribution in [-0.2, 0) is 13.1 Å². The van der Waals surface area contributed by atoms with E-state index in [0.717, 1.165) is 49.0 Å². The summed E-state index contributed by atoms with van der Waals surface area (Å²) in [5.41, 5.74) is 1.12. The van der Waals surface area contributed by atoms with Crippen LogP contribution in [0.5, 0.6) is 17.2 Å². The average Bonchev–Trinajstić information content (AvgIpc) is 3.31. The highest BCUT2D eigenvalue weighted by Gasteiger charge is 2.21. The molecule has 0 unspecified atom stereocenters. The number of fused-ring (bicyclic) bond motifs is 1. The first-order valence-corrected chi connectivity index (χ1v) is 9.64. The SMILES string of the molecule is COc1cc2c(cc1CNC1CCN(Cc3cccs3)CC1)OCO2. The summed E-state index contributed by atoms with van der Waals surface area (Å²) < 4.78 is 16.4. The molecule has 0 saturated carbocycles. The standard InChI is InChI=1S/C19H24N2O3S/c1-22-17-10-19-18(23-13-24-19)9-14(17)11-20-15-4-6-21(7-5-15)12-16-3-2-8-25-16/h2-3,8-10,15,20H,4-7,11-13H2,1H3. The Bertz CT molecular complexity index is 697. The Labute approximate surface area is 152 Å². The molecule has 1 fully saturated rings. The second kappa shape index (κ2) is 7.64. The van der Waals surface area contributed by atoms with E-state index in [4.69, 9.17) is 14.2 Å². The van der Waals surface area contributed by atoms with Gasteiger partial charge in [0.15, 0.2) is 11.5 Å². The first-order chi connectivity index (χ1) is 12.3. The molecule has 5 nitrogen and oxygen atoms in total. The van der Waals surface area contributed by atoms with Crippen molar-refractivity contribution in [3.63, 3.8) is 0 Å². The number of methoxy groups -OCH3 is 1. The van der Waals surface area contributed by atoms with Gasteiger partial charge in [-0.15, -0.1) is 11.3 Å². The molecular weight excluding hydrogens is 336 g/mol. The lowest BCUT2D eigenvalue weighted by Crippen LogP contribution is -2.41. The minimum absolute atomic E-state index is 0.290. The van der Waals surface area contributed by atoms with Crippen molar-refractivity contribution in [3.8, 4) is 17.2 Å². The number of piperidine rings is 1. The highest BCUT2D eigenvalue weighted by Crippen LogP contribution is 2.38. The summed E-state index contributed by atoms with van der Waals surface area (Å²) in [4.78, 5) is 4.00. The third kappa shape index (κ3) is 3.92. The summed E-state index contributed by atoms with van der Waals surface area (Å²) in [6, 6.07) is 8.85. The van der Waals surface area contributed by atoms with E-state index >= 15 is 0 Å². The largest absolute Gasteiger partial charge is 0.496 e. The van der Waals surface area contributed by atoms with Gasteiger partial charge >= 0.3 is 0 Å². The molecule has 6 heteroatoms. The fourth-order valence-corrected chi connectivity index (χ4v) is 4.21. The van der Waals surface area contributed by atoms with Gasteiger partial charge in [-0.05, 0) is 43.4 Å². The van der Waals surface area contributed by atoms with Gasteiger partial charge in [-0.1, -0.05) is 6.07 Å². The third-order valence-corrected chi connectivity index (χ3v) is 5.77. The zero-order chi connectivity index (χ0) is 17.1. The predicted molar refractivity (Wildman–Crippen MR) is 98.6 cm³/mol. The monoisotopic (exact) mass is 360 g/mol. The van der Waals surface area contributed by atoms with E-state index in [-0.39, 0.29) is 6.79 Å². The molecule has 0 atom stereocenters. The number of thiophene rings is 1. The predicted octanol–water partition coefficient (Wildman–Crippen LogP) is 3.24. The van der Waals surface area contributed by atoms with E-state index in [9.17, 15) is 0 Å². The average molecular weight is 360 g/mol. The highest BCUT2D eigenvalue weighted by atomic mass is 32.1. The summed E-state index contributed by atoms with van der Waals surface area (Å²) in [6.07, 6.45) is 2.36. The number of rotatable bonds is 6. The second-order valence-electron chi connectivity index (χ2n) is 6.53. The summed E-state index contributed by atoms with van der Waals surface area (Å²) in [5, 5.41) is 5.84. The molecule has 1 saturated heterocycles. The van der Waals surface area contributed by atoms with Crippen molar-refractivity contribution in [1.82, 2.24) is 10.2 Å². The van der Waals surface area contributed by atoms with Crippen LogP contribution in [-0.4, -0.2) is 37.9 Å². The van der Waals surface area contributed by atoms with E-state index in [1.54, 1.807) is 7.11 Å². The maximum atomic E-state index is 5.50. The molecule has 0 radical (unpaired) electrons. The summed E-state index contributed by atoms with van der Waals surface area (Å²) in [6.45, 7) is 4.45. The van der Waals surface area contributed by atoms with E-state index < -0.39 is 0 Å². The van der Waals surface area contributed by atoms with Crippen molar-refractivity contribution in [2.24, 2.45) is 0 Å². The Morgan fingerprint density at radius 2 is 2.04 bits per heavy atom. The van der Waals surface area contributed by atoms with Gasteiger partial charge in [0.1, 0.15) is 5.75 Å². The smallest absolute Gasteiger partial charge is 0.231 e. The maximum absolute atomic E-state index is 5.50. The van der Waals surface area contributed by atoms with Gasteiger partial charge in [-0.3, -0.25) is 4.90 Å². The van der Waals surface area contributed by atoms with Crippen molar-refractivity contribution in [3.05, 3.63) is 40.1 Å². The second-order valence-corrected chi connectivity index (χ2v) is 7.56. The number of ether oxygens (including phenoxy) is 3. The number of hydrogen-bond donors (Lipinski definition) is 1. The van der Waals surface area contributed by atoms with Crippen molar-refractivity contribution in [1.29, 1.82) is 0 Å². The van der Waals surface area contributed by atoms with Crippen molar-refractivity contribution in [2.45, 2.75) is 32.0 Å². The fourth-order valence-electron chi connectivity index (χ4n) is 3.47. The van der Waals surface area contributed by atoms with E-state index in [2.05, 4.69) is 27.7 Å². The Hall–Kier alpha value is -1.76. The van der Waals surface area contributed by atoms with Crippen molar-refractivity contribution < 1.29 is 14.2 Å². The zero-order valence-corrected chi connectivity index (χ0v) is 15.3. The lowest BCUT2D eigenvalue weighted by atomic mass is 10.0. The van der Waals surface area contributed by atoms with Crippen LogP contribution in [0.25, 0.3) is 0 Å². The Kier molecular flexibility index (Phi) is 5.10. The molecule has 0 bridgehead atoms. The quantitative estimate of drug-likeness (QED) is 0.857. The van der Waals surface area contributed by atoms with Crippen molar-refractivity contribution >= 4 is 11.3 Å². The number of benzene rings is 1. The molecule has 4 rings (SSSR count). The molecule has 1 aromatic carbocycles. The molecule has 134 valence electrons. The maximum Gasteiger partial charge on any atom is 0.231 e. The van der Waals surface area contributed by atoms with E-state index in [1.165, 1.54) is 17.7 Å². The van der Waals surface area contributed by atoms with Crippen molar-refractivity contribution in [2.75, 3.05) is 27.0 Å². The molecule has 2 aliphatic heterocycles. The summed E-state index contributed by atoms with van der Waals surface area (Å²) >= 11 is 1.85. The summed E-state index contributed by atoms with van der Waals surface area (Å²) in [5.74, 6) is 2.43. The lowest BCUT2D eigenvalue weighted by Gasteiger charge is -2.32. The summed E-state index contributed by atoms with van der Waals surface area (Å²) in [7, 11) is 1.70. The van der Waals surface area contributed by atoms with Gasteiger partial charge < -0.3 is 19.5 Å². The topological polar surface area (TPSA) is 43.0 Å². The molecule has 1 aromatic heterocycles. The highest BCUT2D eigenvalue weighted by molar-refractivity contribution is 7.09. The Morgan fingerprint density at radius 3 is 2.76 bits per heavy atom. The number of nitrogens with zero attached hydrogens (tertiary/aromatic N) is 1. The van der Waals surface area contributed by atoms with Crippen LogP contribution in [0.4, 0.5) is 0 Å². The Balaban J connectivity index is 1.29. The van der Waals surface area contributed by atoms with Crippen LogP contribution in [0, 0.1) is 0 Å². The van der Waals surface area contributed by atoms with E-state index in [0.29, 0.717) is 6.04 Å². The van der Waals surface area contributed by atoms with Crippen LogP contribution >= 0.6 is 11.3 Å². The van der Waals surface area contributed by atoms with Crippen LogP contribution in [0.1, 0.15) is 23.3 Å². The lowest BCUT2D eigenvalue weighted by molar-refractivity contribution is 0.174. The molecule has 3 heterocycles. The third-order valence-electron chi connectivity index (χ3n) is 4.90. The molecule has 2 aliphatic rings. The first-order valence-electron chi connectivity index (χ1n) is 8.76. The fraction of sp³-hybridized carbons (Fsp3) is 0.474. The molecule has 0 amide bonds. The minimum Gasteiger partial charge on any atom is -0.496 e. The number of hydrogen-bond acceptors (Lipinski definition) is 6. The normalized spacial score (nSPS) is 17.8. The number of likely N-dealkylation sites (tertiary alicyclic amines) is 1. The van der Waals surface area contributed by atoms with Crippen LogP contribution in [0.15, 0.2) is 29.6 Å². The molecular formula is C19H24N2O3S. The molecule has 25 heavy (non-hydrogen) atoms. The van der Waals surface area contributed by atoms with Gasteiger partial charge in [0.2, 0.25) is 6.79 Å².